The van der Waals surface area contributed by atoms with E-state index in [2.05, 4.69) is 28.6 Å². The highest BCUT2D eigenvalue weighted by Crippen LogP contribution is 2.57. The van der Waals surface area contributed by atoms with E-state index in [0.29, 0.717) is 17.4 Å². The zero-order valence-electron chi connectivity index (χ0n) is 12.8. The molecule has 2 atom stereocenters. The predicted octanol–water partition coefficient (Wildman–Crippen LogP) is 3.41. The average Bonchev–Trinajstić information content (AvgIpc) is 3.36. The van der Waals surface area contributed by atoms with Gasteiger partial charge in [-0.3, -0.25) is 9.48 Å². The molecule has 2 aliphatic rings. The minimum Gasteiger partial charge on any atom is -0.322 e. The van der Waals surface area contributed by atoms with Gasteiger partial charge in [-0.2, -0.15) is 5.10 Å². The Morgan fingerprint density at radius 2 is 2.09 bits per heavy atom. The number of aryl methyl sites for hydroxylation is 2. The Morgan fingerprint density at radius 1 is 1.32 bits per heavy atom. The number of benzene rings is 1. The smallest absolute Gasteiger partial charge is 0.259 e. The Balaban J connectivity index is 1.57. The number of carbonyl (C=O) groups excluding carboxylic acids is 1. The van der Waals surface area contributed by atoms with Crippen molar-refractivity contribution in [2.45, 2.75) is 25.7 Å². The van der Waals surface area contributed by atoms with Gasteiger partial charge in [0, 0.05) is 18.9 Å². The lowest BCUT2D eigenvalue weighted by molar-refractivity contribution is 0.102. The topological polar surface area (TPSA) is 46.9 Å². The van der Waals surface area contributed by atoms with Crippen molar-refractivity contribution in [1.82, 2.24) is 9.78 Å². The fourth-order valence-corrected chi connectivity index (χ4v) is 3.26. The quantitative estimate of drug-likeness (QED) is 0.878. The van der Waals surface area contributed by atoms with Gasteiger partial charge in [-0.25, -0.2) is 0 Å². The van der Waals surface area contributed by atoms with Crippen LogP contribution in [0.4, 0.5) is 5.69 Å². The van der Waals surface area contributed by atoms with Gasteiger partial charge < -0.3 is 5.32 Å². The van der Waals surface area contributed by atoms with E-state index in [1.165, 1.54) is 18.4 Å². The molecule has 4 heteroatoms. The number of anilines is 1. The predicted molar refractivity (Wildman–Crippen MR) is 85.9 cm³/mol. The average molecular weight is 293 g/mol. The molecule has 4 nitrogen and oxygen atoms in total. The summed E-state index contributed by atoms with van der Waals surface area (Å²) in [5.74, 6) is 1.19. The van der Waals surface area contributed by atoms with E-state index in [9.17, 15) is 4.79 Å². The van der Waals surface area contributed by atoms with Crippen molar-refractivity contribution in [2.75, 3.05) is 5.32 Å². The number of carbonyl (C=O) groups is 1. The molecule has 1 N–H and O–H groups in total. The van der Waals surface area contributed by atoms with E-state index in [1.807, 2.05) is 26.1 Å². The number of para-hydroxylation sites is 1. The Kier molecular flexibility index (Phi) is 2.93. The molecule has 1 heterocycles. The summed E-state index contributed by atoms with van der Waals surface area (Å²) in [4.78, 5) is 12.5. The first-order chi connectivity index (χ1) is 10.6. The lowest BCUT2D eigenvalue weighted by atomic mass is 10.1. The number of aromatic nitrogens is 2. The maximum Gasteiger partial charge on any atom is 0.259 e. The molecule has 0 bridgehead atoms. The Morgan fingerprint density at radius 3 is 2.77 bits per heavy atom. The molecule has 1 fully saturated rings. The molecular formula is C18H19N3O. The van der Waals surface area contributed by atoms with Gasteiger partial charge >= 0.3 is 0 Å². The summed E-state index contributed by atoms with van der Waals surface area (Å²) in [5.41, 5.74) is 5.17. The third-order valence-electron chi connectivity index (χ3n) is 4.57. The highest BCUT2D eigenvalue weighted by Gasteiger charge is 2.44. The normalized spacial score (nSPS) is 22.2. The van der Waals surface area contributed by atoms with Gasteiger partial charge in [-0.05, 0) is 43.2 Å². The summed E-state index contributed by atoms with van der Waals surface area (Å²) < 4.78 is 1.67. The first-order valence-corrected chi connectivity index (χ1v) is 7.73. The monoisotopic (exact) mass is 293 g/mol. The summed E-state index contributed by atoms with van der Waals surface area (Å²) in [6.45, 7) is 1.86. The van der Waals surface area contributed by atoms with Gasteiger partial charge in [0.2, 0.25) is 0 Å². The van der Waals surface area contributed by atoms with Crippen LogP contribution in [-0.2, 0) is 7.05 Å². The molecule has 1 aromatic heterocycles. The number of hydrogen-bond acceptors (Lipinski definition) is 2. The third kappa shape index (κ3) is 2.34. The SMILES string of the molecule is Cc1nn(C)cc1C(=O)Nc1ccccc1C1C[C@H]1C1=CC1. The second-order valence-electron chi connectivity index (χ2n) is 6.28. The summed E-state index contributed by atoms with van der Waals surface area (Å²) in [6, 6.07) is 8.16. The van der Waals surface area contributed by atoms with Crippen molar-refractivity contribution in [3.63, 3.8) is 0 Å². The van der Waals surface area contributed by atoms with Crippen LogP contribution in [0.15, 0.2) is 42.1 Å². The molecule has 1 aromatic carbocycles. The Labute approximate surface area is 129 Å². The highest BCUT2D eigenvalue weighted by molar-refractivity contribution is 6.05. The van der Waals surface area contributed by atoms with Crippen LogP contribution in [0.3, 0.4) is 0 Å². The third-order valence-corrected chi connectivity index (χ3v) is 4.57. The lowest BCUT2D eigenvalue weighted by Crippen LogP contribution is -2.13. The van der Waals surface area contributed by atoms with Crippen molar-refractivity contribution in [3.05, 3.63) is 58.9 Å². The van der Waals surface area contributed by atoms with Crippen molar-refractivity contribution >= 4 is 11.6 Å². The molecule has 2 aromatic rings. The summed E-state index contributed by atoms with van der Waals surface area (Å²) in [5, 5.41) is 7.31. The Bertz CT molecular complexity index is 787. The second-order valence-corrected chi connectivity index (χ2v) is 6.28. The van der Waals surface area contributed by atoms with E-state index < -0.39 is 0 Å². The number of hydrogen-bond donors (Lipinski definition) is 1. The number of nitrogens with zero attached hydrogens (tertiary/aromatic N) is 2. The van der Waals surface area contributed by atoms with E-state index in [-0.39, 0.29) is 5.91 Å². The van der Waals surface area contributed by atoms with E-state index in [0.717, 1.165) is 11.4 Å². The number of amides is 1. The van der Waals surface area contributed by atoms with Gasteiger partial charge in [-0.15, -0.1) is 0 Å². The summed E-state index contributed by atoms with van der Waals surface area (Å²) in [7, 11) is 1.83. The van der Waals surface area contributed by atoms with Crippen LogP contribution in [0.2, 0.25) is 0 Å². The maximum atomic E-state index is 12.5. The molecule has 0 spiro atoms. The maximum absolute atomic E-state index is 12.5. The molecule has 22 heavy (non-hydrogen) atoms. The van der Waals surface area contributed by atoms with Crippen LogP contribution in [0.1, 0.15) is 40.4 Å². The van der Waals surface area contributed by atoms with Crippen molar-refractivity contribution in [3.8, 4) is 0 Å². The van der Waals surface area contributed by atoms with Crippen molar-refractivity contribution in [1.29, 1.82) is 0 Å². The van der Waals surface area contributed by atoms with Crippen LogP contribution in [0.25, 0.3) is 0 Å². The minimum absolute atomic E-state index is 0.0825. The number of nitrogens with one attached hydrogen (secondary N) is 1. The van der Waals surface area contributed by atoms with Gasteiger partial charge in [0.15, 0.2) is 0 Å². The van der Waals surface area contributed by atoms with Crippen LogP contribution in [0, 0.1) is 12.8 Å². The van der Waals surface area contributed by atoms with Crippen LogP contribution in [0.5, 0.6) is 0 Å². The zero-order valence-corrected chi connectivity index (χ0v) is 12.8. The molecule has 112 valence electrons. The zero-order chi connectivity index (χ0) is 15.3. The Hall–Kier alpha value is -2.36. The van der Waals surface area contributed by atoms with Gasteiger partial charge in [0.05, 0.1) is 11.3 Å². The highest BCUT2D eigenvalue weighted by atomic mass is 16.1. The number of rotatable bonds is 4. The standard InChI is InChI=1S/C18H19N3O/c1-11-16(10-21(2)20-11)18(22)19-17-6-4-3-5-13(17)15-9-14(15)12-7-8-12/h3-7,10,14-15H,8-9H2,1-2H3,(H,19,22)/t14-,15?/m0/s1. The van der Waals surface area contributed by atoms with Gasteiger partial charge in [-0.1, -0.05) is 29.8 Å². The molecule has 1 unspecified atom stereocenters. The molecule has 2 aliphatic carbocycles. The van der Waals surface area contributed by atoms with Gasteiger partial charge in [0.1, 0.15) is 0 Å². The molecule has 1 saturated carbocycles. The van der Waals surface area contributed by atoms with Crippen molar-refractivity contribution in [2.24, 2.45) is 13.0 Å². The minimum atomic E-state index is -0.0825. The first kappa shape index (κ1) is 13.3. The summed E-state index contributed by atoms with van der Waals surface area (Å²) in [6.07, 6.45) is 6.47. The molecule has 1 amide bonds. The largest absolute Gasteiger partial charge is 0.322 e. The van der Waals surface area contributed by atoms with Crippen LogP contribution >= 0.6 is 0 Å². The van der Waals surface area contributed by atoms with E-state index >= 15 is 0 Å². The molecular weight excluding hydrogens is 274 g/mol. The van der Waals surface area contributed by atoms with Gasteiger partial charge in [0.25, 0.3) is 5.91 Å². The second kappa shape index (κ2) is 4.83. The molecule has 0 radical (unpaired) electrons. The molecule has 4 rings (SSSR count). The fourth-order valence-electron chi connectivity index (χ4n) is 3.26. The first-order valence-electron chi connectivity index (χ1n) is 7.73. The molecule has 0 aliphatic heterocycles. The van der Waals surface area contributed by atoms with Crippen molar-refractivity contribution < 1.29 is 4.79 Å². The molecule has 0 saturated heterocycles. The lowest BCUT2D eigenvalue weighted by Gasteiger charge is -2.10. The summed E-state index contributed by atoms with van der Waals surface area (Å²) >= 11 is 0. The van der Waals surface area contributed by atoms with Crippen LogP contribution < -0.4 is 5.32 Å². The fraction of sp³-hybridized carbons (Fsp3) is 0.333. The van der Waals surface area contributed by atoms with Crippen LogP contribution in [-0.4, -0.2) is 15.7 Å². The number of allylic oxidation sites excluding steroid dienone is 2. The van der Waals surface area contributed by atoms with E-state index in [1.54, 1.807) is 16.5 Å². The van der Waals surface area contributed by atoms with E-state index in [4.69, 9.17) is 0 Å².